The van der Waals surface area contributed by atoms with Crippen LogP contribution in [0.5, 0.6) is 5.75 Å². The maximum Gasteiger partial charge on any atom is 0.322 e. The van der Waals surface area contributed by atoms with E-state index in [1.165, 1.54) is 12.4 Å². The third-order valence-corrected chi connectivity index (χ3v) is 5.31. The number of aliphatic carboxylic acids is 1. The molecule has 0 fully saturated rings. The van der Waals surface area contributed by atoms with E-state index in [1.54, 1.807) is 37.3 Å². The minimum Gasteiger partial charge on any atom is -0.496 e. The Morgan fingerprint density at radius 1 is 1.24 bits per heavy atom. The molecule has 0 radical (unpaired) electrons. The molecule has 10 heteroatoms. The fourth-order valence-electron chi connectivity index (χ4n) is 3.40. The van der Waals surface area contributed by atoms with Gasteiger partial charge in [-0.1, -0.05) is 31.5 Å². The fraction of sp³-hybridized carbons (Fsp3) is 0.375. The topological polar surface area (TPSA) is 90.8 Å². The van der Waals surface area contributed by atoms with Gasteiger partial charge < -0.3 is 20.1 Å². The molecule has 0 aliphatic carbocycles. The Labute approximate surface area is 204 Å². The predicted octanol–water partition coefficient (Wildman–Crippen LogP) is 4.65. The van der Waals surface area contributed by atoms with E-state index >= 15 is 0 Å². The minimum absolute atomic E-state index is 0.00190. The van der Waals surface area contributed by atoms with Gasteiger partial charge in [-0.05, 0) is 39.3 Å². The number of carbonyl (C=O) groups is 1. The maximum absolute atomic E-state index is 14.4. The standard InChI is InChI=1S/C22H25ClFN5O3.C2H6/c1-28(2)11-18(22(30)31)29(3)10-13-8-14-17(9-19(13)32-4)25-12-26-21(14)27-16-7-5-6-15(23)20(16)24;1-2/h5-9,12,18H,10-11H2,1-4H3,(H,30,31)(H,25,26,27);1-2H3. The molecule has 34 heavy (non-hydrogen) atoms. The molecule has 1 heterocycles. The number of likely N-dealkylation sites (N-methyl/N-ethyl adjacent to an activating group) is 2. The van der Waals surface area contributed by atoms with Crippen molar-refractivity contribution in [1.29, 1.82) is 0 Å². The summed E-state index contributed by atoms with van der Waals surface area (Å²) >= 11 is 5.89. The SMILES string of the molecule is CC.COc1cc2ncnc(Nc3cccc(Cl)c3F)c2cc1CN(C)C(CN(C)C)C(=O)O. The zero-order chi connectivity index (χ0) is 25.4. The normalized spacial score (nSPS) is 11.8. The van der Waals surface area contributed by atoms with Crippen molar-refractivity contribution in [2.24, 2.45) is 0 Å². The van der Waals surface area contributed by atoms with Crippen LogP contribution in [0.15, 0.2) is 36.7 Å². The third kappa shape index (κ3) is 6.53. The molecular weight excluding hydrogens is 461 g/mol. The Bertz CT molecular complexity index is 1130. The van der Waals surface area contributed by atoms with E-state index in [0.717, 1.165) is 5.56 Å². The van der Waals surface area contributed by atoms with Crippen LogP contribution in [0, 0.1) is 5.82 Å². The second-order valence-corrected chi connectivity index (χ2v) is 8.07. The summed E-state index contributed by atoms with van der Waals surface area (Å²) in [7, 11) is 6.93. The first kappa shape index (κ1) is 27.2. The smallest absolute Gasteiger partial charge is 0.322 e. The van der Waals surface area contributed by atoms with Gasteiger partial charge in [0.15, 0.2) is 5.82 Å². The lowest BCUT2D eigenvalue weighted by Crippen LogP contribution is -2.44. The number of methoxy groups -OCH3 is 1. The number of rotatable bonds is 9. The van der Waals surface area contributed by atoms with Crippen LogP contribution in [0.4, 0.5) is 15.9 Å². The molecule has 0 spiro atoms. The summed E-state index contributed by atoms with van der Waals surface area (Å²) in [5.74, 6) is -0.534. The minimum atomic E-state index is -0.914. The van der Waals surface area contributed by atoms with Gasteiger partial charge in [-0.15, -0.1) is 0 Å². The van der Waals surface area contributed by atoms with Gasteiger partial charge in [0.2, 0.25) is 0 Å². The lowest BCUT2D eigenvalue weighted by atomic mass is 10.1. The Morgan fingerprint density at radius 2 is 1.94 bits per heavy atom. The summed E-state index contributed by atoms with van der Waals surface area (Å²) in [5.41, 5.74) is 1.53. The average Bonchev–Trinajstić information content (AvgIpc) is 2.81. The number of nitrogens with zero attached hydrogens (tertiary/aromatic N) is 4. The average molecular weight is 492 g/mol. The summed E-state index contributed by atoms with van der Waals surface area (Å²) in [6.45, 7) is 4.66. The zero-order valence-electron chi connectivity index (χ0n) is 20.3. The summed E-state index contributed by atoms with van der Waals surface area (Å²) in [5, 5.41) is 13.3. The highest BCUT2D eigenvalue weighted by Crippen LogP contribution is 2.32. The molecule has 0 amide bonds. The Morgan fingerprint density at radius 3 is 2.56 bits per heavy atom. The number of ether oxygens (including phenoxy) is 1. The van der Waals surface area contributed by atoms with Crippen molar-refractivity contribution in [3.05, 3.63) is 53.1 Å². The molecule has 1 unspecified atom stereocenters. The second kappa shape index (κ2) is 12.5. The molecular formula is C24H31ClFN5O3. The molecule has 0 saturated carbocycles. The van der Waals surface area contributed by atoms with Gasteiger partial charge in [0.25, 0.3) is 0 Å². The monoisotopic (exact) mass is 491 g/mol. The van der Waals surface area contributed by atoms with Gasteiger partial charge in [-0.25, -0.2) is 14.4 Å². The molecule has 0 aliphatic rings. The summed E-state index contributed by atoms with van der Waals surface area (Å²) in [6.07, 6.45) is 1.37. The van der Waals surface area contributed by atoms with Gasteiger partial charge in [-0.2, -0.15) is 0 Å². The molecule has 8 nitrogen and oxygen atoms in total. The van der Waals surface area contributed by atoms with E-state index < -0.39 is 17.8 Å². The van der Waals surface area contributed by atoms with Crippen molar-refractivity contribution in [3.8, 4) is 5.75 Å². The second-order valence-electron chi connectivity index (χ2n) is 7.66. The zero-order valence-corrected chi connectivity index (χ0v) is 21.0. The number of nitrogens with one attached hydrogen (secondary N) is 1. The quantitative estimate of drug-likeness (QED) is 0.447. The van der Waals surface area contributed by atoms with Crippen LogP contribution in [-0.4, -0.2) is 71.7 Å². The lowest BCUT2D eigenvalue weighted by molar-refractivity contribution is -0.143. The molecule has 0 aliphatic heterocycles. The highest BCUT2D eigenvalue weighted by Gasteiger charge is 2.24. The van der Waals surface area contributed by atoms with Gasteiger partial charge in [0.05, 0.1) is 23.3 Å². The van der Waals surface area contributed by atoms with Crippen LogP contribution in [0.2, 0.25) is 5.02 Å². The van der Waals surface area contributed by atoms with Crippen LogP contribution >= 0.6 is 11.6 Å². The Kier molecular flexibility index (Phi) is 9.97. The number of hydrogen-bond acceptors (Lipinski definition) is 7. The third-order valence-electron chi connectivity index (χ3n) is 5.02. The van der Waals surface area contributed by atoms with E-state index in [1.807, 2.05) is 38.9 Å². The number of aromatic nitrogens is 2. The van der Waals surface area contributed by atoms with Gasteiger partial charge >= 0.3 is 5.97 Å². The molecule has 3 rings (SSSR count). The number of halogens is 2. The maximum atomic E-state index is 14.4. The molecule has 184 valence electrons. The Balaban J connectivity index is 0.00000199. The van der Waals surface area contributed by atoms with Crippen molar-refractivity contribution in [2.75, 3.05) is 40.1 Å². The van der Waals surface area contributed by atoms with E-state index in [2.05, 4.69) is 15.3 Å². The Hall–Kier alpha value is -3.01. The summed E-state index contributed by atoms with van der Waals surface area (Å²) in [4.78, 5) is 23.9. The van der Waals surface area contributed by atoms with Crippen molar-refractivity contribution in [1.82, 2.24) is 19.8 Å². The molecule has 0 bridgehead atoms. The van der Waals surface area contributed by atoms with E-state index in [4.69, 9.17) is 16.3 Å². The lowest BCUT2D eigenvalue weighted by Gasteiger charge is -2.27. The molecule has 0 saturated heterocycles. The fourth-order valence-corrected chi connectivity index (χ4v) is 3.58. The van der Waals surface area contributed by atoms with Crippen LogP contribution < -0.4 is 10.1 Å². The molecule has 1 aromatic heterocycles. The van der Waals surface area contributed by atoms with Crippen molar-refractivity contribution < 1.29 is 19.0 Å². The first-order valence-corrected chi connectivity index (χ1v) is 11.2. The molecule has 2 N–H and O–H groups in total. The number of hydrogen-bond donors (Lipinski definition) is 2. The van der Waals surface area contributed by atoms with Gasteiger partial charge in [0.1, 0.15) is 23.9 Å². The molecule has 1 atom stereocenters. The highest BCUT2D eigenvalue weighted by molar-refractivity contribution is 6.31. The largest absolute Gasteiger partial charge is 0.496 e. The van der Waals surface area contributed by atoms with Crippen molar-refractivity contribution >= 4 is 40.0 Å². The molecule has 2 aromatic carbocycles. The predicted molar refractivity (Wildman–Crippen MR) is 134 cm³/mol. The number of carboxylic acids is 1. The van der Waals surface area contributed by atoms with Gasteiger partial charge in [-0.3, -0.25) is 9.69 Å². The number of anilines is 2. The van der Waals surface area contributed by atoms with Crippen LogP contribution in [0.1, 0.15) is 19.4 Å². The number of carboxylic acid groups (broad SMARTS) is 1. The number of fused-ring (bicyclic) bond motifs is 1. The van der Waals surface area contributed by atoms with Crippen LogP contribution in [0.25, 0.3) is 10.9 Å². The van der Waals surface area contributed by atoms with Crippen LogP contribution in [-0.2, 0) is 11.3 Å². The number of benzene rings is 2. The summed E-state index contributed by atoms with van der Waals surface area (Å²) in [6, 6.07) is 7.52. The summed E-state index contributed by atoms with van der Waals surface area (Å²) < 4.78 is 19.9. The molecule has 3 aromatic rings. The van der Waals surface area contributed by atoms with E-state index in [0.29, 0.717) is 35.6 Å². The van der Waals surface area contributed by atoms with Gasteiger partial charge in [0, 0.05) is 30.1 Å². The van der Waals surface area contributed by atoms with Crippen molar-refractivity contribution in [3.63, 3.8) is 0 Å². The van der Waals surface area contributed by atoms with Crippen molar-refractivity contribution in [2.45, 2.75) is 26.4 Å². The van der Waals surface area contributed by atoms with E-state index in [9.17, 15) is 14.3 Å². The first-order valence-electron chi connectivity index (χ1n) is 10.8. The highest BCUT2D eigenvalue weighted by atomic mass is 35.5. The van der Waals surface area contributed by atoms with Crippen LogP contribution in [0.3, 0.4) is 0 Å². The van der Waals surface area contributed by atoms with E-state index in [-0.39, 0.29) is 10.7 Å². The first-order chi connectivity index (χ1) is 16.2.